The van der Waals surface area contributed by atoms with Crippen molar-refractivity contribution in [3.05, 3.63) is 123 Å². The molecule has 0 radical (unpaired) electrons. The molecule has 0 saturated carbocycles. The molecule has 3 aromatic carbocycles. The molecule has 1 aromatic heterocycles. The lowest BCUT2D eigenvalue weighted by atomic mass is 9.49. The molecular formula is C29H24N4OS. The molecule has 1 amide bonds. The van der Waals surface area contributed by atoms with Gasteiger partial charge in [0.2, 0.25) is 5.91 Å². The summed E-state index contributed by atoms with van der Waals surface area (Å²) in [5.74, 6) is -0.208. The minimum atomic E-state index is -0.864. The van der Waals surface area contributed by atoms with Gasteiger partial charge in [0.1, 0.15) is 0 Å². The number of aromatic nitrogens is 1. The maximum absolute atomic E-state index is 13.9. The smallest absolute Gasteiger partial charge is 0.284 e. The van der Waals surface area contributed by atoms with E-state index in [4.69, 9.17) is 12.3 Å². The van der Waals surface area contributed by atoms with Crippen LogP contribution in [0.3, 0.4) is 0 Å². The van der Waals surface area contributed by atoms with Gasteiger partial charge in [-0.15, -0.1) is 11.3 Å². The highest BCUT2D eigenvalue weighted by atomic mass is 32.1. The first-order valence-electron chi connectivity index (χ1n) is 11.6. The zero-order chi connectivity index (χ0) is 24.2. The average Bonchev–Trinajstić information content (AvgIpc) is 3.32. The van der Waals surface area contributed by atoms with Crippen molar-refractivity contribution in [2.45, 2.75) is 31.2 Å². The van der Waals surface area contributed by atoms with Gasteiger partial charge in [0.05, 0.1) is 11.1 Å². The first-order valence-corrected chi connectivity index (χ1v) is 12.5. The predicted molar refractivity (Wildman–Crippen MR) is 139 cm³/mol. The third-order valence-electron chi connectivity index (χ3n) is 7.54. The maximum atomic E-state index is 13.9. The second kappa shape index (κ2) is 7.79. The van der Waals surface area contributed by atoms with Gasteiger partial charge in [-0.3, -0.25) is 9.64 Å². The number of benzene rings is 3. The molecule has 172 valence electrons. The lowest BCUT2D eigenvalue weighted by Crippen LogP contribution is -2.53. The maximum Gasteiger partial charge on any atom is 0.284 e. The zero-order valence-electron chi connectivity index (χ0n) is 19.3. The normalized spacial score (nSPS) is 23.7. The minimum Gasteiger partial charge on any atom is -0.399 e. The quantitative estimate of drug-likeness (QED) is 0.281. The Morgan fingerprint density at radius 1 is 1.09 bits per heavy atom. The number of nitrogens with zero attached hydrogens (tertiary/aromatic N) is 2. The van der Waals surface area contributed by atoms with E-state index in [1.165, 1.54) is 11.3 Å². The fraction of sp³-hybridized carbons (Fsp3) is 0.207. The Morgan fingerprint density at radius 2 is 1.71 bits per heavy atom. The number of amides is 1. The van der Waals surface area contributed by atoms with Gasteiger partial charge in [0.15, 0.2) is 5.13 Å². The van der Waals surface area contributed by atoms with E-state index in [9.17, 15) is 4.79 Å². The Hall–Kier alpha value is -3.95. The molecule has 3 aliphatic rings. The van der Waals surface area contributed by atoms with Crippen molar-refractivity contribution in [1.82, 2.24) is 4.98 Å². The molecule has 5 nitrogen and oxygen atoms in total. The summed E-state index contributed by atoms with van der Waals surface area (Å²) in [5, 5.41) is 5.66. The van der Waals surface area contributed by atoms with Crippen molar-refractivity contribution in [2.75, 3.05) is 11.1 Å². The van der Waals surface area contributed by atoms with Crippen LogP contribution in [-0.2, 0) is 16.8 Å². The van der Waals surface area contributed by atoms with Crippen LogP contribution in [0.1, 0.15) is 52.8 Å². The van der Waals surface area contributed by atoms with E-state index >= 15 is 0 Å². The molecule has 1 heterocycles. The van der Waals surface area contributed by atoms with Crippen LogP contribution < -0.4 is 11.1 Å². The highest BCUT2D eigenvalue weighted by molar-refractivity contribution is 7.13. The topological polar surface area (TPSA) is 72.4 Å². The Morgan fingerprint density at radius 3 is 2.34 bits per heavy atom. The monoisotopic (exact) mass is 476 g/mol. The fourth-order valence-corrected chi connectivity index (χ4v) is 6.68. The number of thiazole rings is 1. The zero-order valence-corrected chi connectivity index (χ0v) is 20.1. The van der Waals surface area contributed by atoms with Crippen LogP contribution in [0, 0.1) is 12.0 Å². The number of hydrogen-bond donors (Lipinski definition) is 2. The van der Waals surface area contributed by atoms with Gasteiger partial charge < -0.3 is 11.1 Å². The summed E-state index contributed by atoms with van der Waals surface area (Å²) in [6.07, 6.45) is 1.12. The third-order valence-corrected chi connectivity index (χ3v) is 8.35. The van der Waals surface area contributed by atoms with E-state index < -0.39 is 11.0 Å². The number of nitrogens with two attached hydrogens (primary N) is 1. The van der Waals surface area contributed by atoms with Crippen LogP contribution in [0.2, 0.25) is 0 Å². The van der Waals surface area contributed by atoms with E-state index in [1.54, 1.807) is 0 Å². The lowest BCUT2D eigenvalue weighted by molar-refractivity contribution is -0.127. The van der Waals surface area contributed by atoms with Crippen LogP contribution in [-0.4, -0.2) is 10.9 Å². The van der Waals surface area contributed by atoms with Gasteiger partial charge in [-0.2, -0.15) is 0 Å². The molecule has 7 rings (SSSR count). The highest BCUT2D eigenvalue weighted by Gasteiger charge is 2.64. The van der Waals surface area contributed by atoms with Crippen LogP contribution in [0.4, 0.5) is 10.8 Å². The molecule has 2 bridgehead atoms. The summed E-state index contributed by atoms with van der Waals surface area (Å²) < 4.78 is 0. The standard InChI is InChI=1S/C29H24N4OS/c1-28(26(34)33-27-32-20(16-35-27)15-18-11-13-19(30)14-12-18)17-29(31-2)23-9-5-3-7-21(23)25(28)22-8-4-6-10-24(22)29/h3-14,16,25H,15,17,30H2,1H3,(H,32,33,34). The minimum absolute atomic E-state index is 0.0899. The van der Waals surface area contributed by atoms with Gasteiger partial charge >= 0.3 is 0 Å². The average molecular weight is 477 g/mol. The largest absolute Gasteiger partial charge is 0.399 e. The summed E-state index contributed by atoms with van der Waals surface area (Å²) in [7, 11) is 0. The SMILES string of the molecule is [C-]#[N+]C12CC(C)(C(=O)Nc3nc(Cc4ccc(N)cc4)cs3)C(c3ccccc31)c1ccccc12. The van der Waals surface area contributed by atoms with E-state index in [0.717, 1.165) is 39.2 Å². The number of hydrogen-bond acceptors (Lipinski definition) is 4. The molecule has 4 aromatic rings. The van der Waals surface area contributed by atoms with Crippen LogP contribution in [0.25, 0.3) is 4.85 Å². The molecule has 0 saturated heterocycles. The van der Waals surface area contributed by atoms with Crippen LogP contribution in [0.5, 0.6) is 0 Å². The number of fused-ring (bicyclic) bond motifs is 1. The van der Waals surface area contributed by atoms with Crippen molar-refractivity contribution in [2.24, 2.45) is 5.41 Å². The molecule has 3 N–H and O–H groups in total. The number of nitrogen functional groups attached to an aromatic ring is 1. The van der Waals surface area contributed by atoms with Gasteiger partial charge in [-0.25, -0.2) is 11.6 Å². The number of carbonyl (C=O) groups is 1. The van der Waals surface area contributed by atoms with Gasteiger partial charge in [-0.05, 0) is 35.7 Å². The molecule has 0 aliphatic heterocycles. The van der Waals surface area contributed by atoms with E-state index in [1.807, 2.05) is 60.8 Å². The number of carbonyl (C=O) groups excluding carboxylic acids is 1. The second-order valence-electron chi connectivity index (χ2n) is 9.69. The van der Waals surface area contributed by atoms with Crippen molar-refractivity contribution >= 4 is 28.1 Å². The first-order chi connectivity index (χ1) is 16.9. The van der Waals surface area contributed by atoms with Gasteiger partial charge in [-0.1, -0.05) is 60.7 Å². The van der Waals surface area contributed by atoms with Gasteiger partial charge in [0, 0.05) is 41.0 Å². The predicted octanol–water partition coefficient (Wildman–Crippen LogP) is 5.97. The summed E-state index contributed by atoms with van der Waals surface area (Å²) in [6, 6.07) is 24.0. The second-order valence-corrected chi connectivity index (χ2v) is 10.5. The van der Waals surface area contributed by atoms with Crippen molar-refractivity contribution in [3.63, 3.8) is 0 Å². The molecule has 0 spiro atoms. The lowest BCUT2D eigenvalue weighted by Gasteiger charge is -2.51. The number of rotatable bonds is 4. The number of nitrogens with one attached hydrogen (secondary N) is 1. The molecule has 1 atom stereocenters. The summed E-state index contributed by atoms with van der Waals surface area (Å²) in [6.45, 7) is 10.3. The van der Waals surface area contributed by atoms with Gasteiger partial charge in [0.25, 0.3) is 5.54 Å². The molecule has 1 unspecified atom stereocenters. The van der Waals surface area contributed by atoms with Crippen molar-refractivity contribution in [1.29, 1.82) is 0 Å². The Kier molecular flexibility index (Phi) is 4.80. The fourth-order valence-electron chi connectivity index (χ4n) is 5.98. The van der Waals surface area contributed by atoms with Crippen LogP contribution >= 0.6 is 11.3 Å². The number of anilines is 2. The summed E-state index contributed by atoms with van der Waals surface area (Å²) >= 11 is 1.43. The highest BCUT2D eigenvalue weighted by Crippen LogP contribution is 2.64. The Bertz CT molecular complexity index is 1450. The van der Waals surface area contributed by atoms with Crippen LogP contribution in [0.15, 0.2) is 78.2 Å². The van der Waals surface area contributed by atoms with E-state index in [-0.39, 0.29) is 11.8 Å². The molecule has 3 aliphatic carbocycles. The van der Waals surface area contributed by atoms with Crippen molar-refractivity contribution < 1.29 is 4.79 Å². The summed E-state index contributed by atoms with van der Waals surface area (Å²) in [5.41, 5.74) is 11.1. The Labute approximate surface area is 208 Å². The first kappa shape index (κ1) is 21.6. The van der Waals surface area contributed by atoms with Crippen molar-refractivity contribution in [3.8, 4) is 0 Å². The summed E-state index contributed by atoms with van der Waals surface area (Å²) in [4.78, 5) is 22.8. The van der Waals surface area contributed by atoms with E-state index in [0.29, 0.717) is 18.0 Å². The Balaban J connectivity index is 1.34. The van der Waals surface area contributed by atoms with E-state index in [2.05, 4.69) is 39.4 Å². The molecule has 6 heteroatoms. The third kappa shape index (κ3) is 3.19. The molecule has 35 heavy (non-hydrogen) atoms. The molecular weight excluding hydrogens is 452 g/mol. The molecule has 0 fully saturated rings.